The van der Waals surface area contributed by atoms with E-state index in [1.165, 1.54) is 12.8 Å². The van der Waals surface area contributed by atoms with E-state index in [4.69, 9.17) is 15.0 Å². The normalized spacial score (nSPS) is 25.3. The molecule has 0 saturated heterocycles. The Kier molecular flexibility index (Phi) is 4.02. The number of rotatable bonds is 4. The molecule has 102 valence electrons. The van der Waals surface area contributed by atoms with E-state index in [1.807, 2.05) is 20.8 Å². The fourth-order valence-corrected chi connectivity index (χ4v) is 2.52. The van der Waals surface area contributed by atoms with Crippen LogP contribution >= 0.6 is 0 Å². The van der Waals surface area contributed by atoms with Crippen molar-refractivity contribution in [2.24, 2.45) is 5.73 Å². The molecule has 1 saturated carbocycles. The molecule has 5 heteroatoms. The van der Waals surface area contributed by atoms with Crippen molar-refractivity contribution in [3.05, 3.63) is 11.7 Å². The average Bonchev–Trinajstić information content (AvgIpc) is 2.79. The van der Waals surface area contributed by atoms with Gasteiger partial charge in [-0.2, -0.15) is 4.98 Å². The predicted octanol–water partition coefficient (Wildman–Crippen LogP) is 2.33. The third-order valence-electron chi connectivity index (χ3n) is 3.62. The highest BCUT2D eigenvalue weighted by Crippen LogP contribution is 2.32. The highest BCUT2D eigenvalue weighted by molar-refractivity contribution is 5.04. The molecule has 1 aromatic heterocycles. The van der Waals surface area contributed by atoms with E-state index >= 15 is 0 Å². The van der Waals surface area contributed by atoms with Crippen molar-refractivity contribution in [1.82, 2.24) is 10.1 Å². The lowest BCUT2D eigenvalue weighted by molar-refractivity contribution is -0.0221. The molecule has 0 aromatic carbocycles. The Morgan fingerprint density at radius 1 is 1.39 bits per heavy atom. The lowest BCUT2D eigenvalue weighted by Crippen LogP contribution is -2.31. The van der Waals surface area contributed by atoms with Crippen LogP contribution in [0, 0.1) is 0 Å². The topological polar surface area (TPSA) is 74.2 Å². The zero-order valence-corrected chi connectivity index (χ0v) is 11.5. The standard InChI is InChI=1S/C13H23N3O2/c1-4-17-13(2,3)12-15-11(18-16-12)9-7-5-6-8-10(9)14/h9-10H,4-8,14H2,1-3H3. The quantitative estimate of drug-likeness (QED) is 0.891. The van der Waals surface area contributed by atoms with E-state index in [0.29, 0.717) is 18.3 Å². The van der Waals surface area contributed by atoms with Gasteiger partial charge in [0.25, 0.3) is 0 Å². The lowest BCUT2D eigenvalue weighted by atomic mass is 9.85. The molecule has 18 heavy (non-hydrogen) atoms. The highest BCUT2D eigenvalue weighted by Gasteiger charge is 2.32. The second-order valence-corrected chi connectivity index (χ2v) is 5.45. The van der Waals surface area contributed by atoms with Crippen molar-refractivity contribution >= 4 is 0 Å². The molecule has 0 spiro atoms. The molecular formula is C13H23N3O2. The van der Waals surface area contributed by atoms with Gasteiger partial charge in [-0.3, -0.25) is 0 Å². The van der Waals surface area contributed by atoms with Gasteiger partial charge in [-0.25, -0.2) is 0 Å². The van der Waals surface area contributed by atoms with E-state index in [-0.39, 0.29) is 12.0 Å². The third kappa shape index (κ3) is 2.72. The second-order valence-electron chi connectivity index (χ2n) is 5.45. The fraction of sp³-hybridized carbons (Fsp3) is 0.846. The number of hydrogen-bond donors (Lipinski definition) is 1. The minimum atomic E-state index is -0.505. The Bertz CT molecular complexity index is 389. The summed E-state index contributed by atoms with van der Waals surface area (Å²) in [5, 5.41) is 4.05. The Balaban J connectivity index is 2.14. The van der Waals surface area contributed by atoms with Gasteiger partial charge in [-0.1, -0.05) is 18.0 Å². The second kappa shape index (κ2) is 5.36. The van der Waals surface area contributed by atoms with Crippen molar-refractivity contribution in [2.75, 3.05) is 6.61 Å². The fourth-order valence-electron chi connectivity index (χ4n) is 2.52. The molecule has 1 aliphatic rings. The maximum atomic E-state index is 6.13. The van der Waals surface area contributed by atoms with Crippen LogP contribution in [0.2, 0.25) is 0 Å². The molecule has 0 aliphatic heterocycles. The first kappa shape index (κ1) is 13.5. The summed E-state index contributed by atoms with van der Waals surface area (Å²) in [6.07, 6.45) is 4.46. The van der Waals surface area contributed by atoms with Crippen LogP contribution in [0.5, 0.6) is 0 Å². The van der Waals surface area contributed by atoms with Crippen molar-refractivity contribution in [3.8, 4) is 0 Å². The first-order valence-corrected chi connectivity index (χ1v) is 6.78. The monoisotopic (exact) mass is 253 g/mol. The molecule has 1 aromatic rings. The summed E-state index contributed by atoms with van der Waals surface area (Å²) in [5.74, 6) is 1.49. The van der Waals surface area contributed by atoms with E-state index in [1.54, 1.807) is 0 Å². The van der Waals surface area contributed by atoms with E-state index in [9.17, 15) is 0 Å². The maximum Gasteiger partial charge on any atom is 0.231 e. The van der Waals surface area contributed by atoms with Crippen LogP contribution in [0.25, 0.3) is 0 Å². The summed E-state index contributed by atoms with van der Waals surface area (Å²) in [5.41, 5.74) is 5.62. The number of aromatic nitrogens is 2. The van der Waals surface area contributed by atoms with Gasteiger partial charge in [0.05, 0.1) is 5.92 Å². The van der Waals surface area contributed by atoms with E-state index < -0.39 is 5.60 Å². The third-order valence-corrected chi connectivity index (χ3v) is 3.62. The SMILES string of the molecule is CCOC(C)(C)c1noc(C2CCCCC2N)n1. The van der Waals surface area contributed by atoms with Crippen LogP contribution < -0.4 is 5.73 Å². The summed E-state index contributed by atoms with van der Waals surface area (Å²) in [6, 6.07) is 0.141. The molecule has 2 atom stereocenters. The Morgan fingerprint density at radius 3 is 2.78 bits per heavy atom. The van der Waals surface area contributed by atoms with Crippen molar-refractivity contribution in [1.29, 1.82) is 0 Å². The molecule has 2 rings (SSSR count). The van der Waals surface area contributed by atoms with Gasteiger partial charge in [0.15, 0.2) is 0 Å². The van der Waals surface area contributed by atoms with Gasteiger partial charge < -0.3 is 15.0 Å². The van der Waals surface area contributed by atoms with Crippen LogP contribution in [0.15, 0.2) is 4.52 Å². The molecule has 5 nitrogen and oxygen atoms in total. The van der Waals surface area contributed by atoms with Gasteiger partial charge >= 0.3 is 0 Å². The van der Waals surface area contributed by atoms with Gasteiger partial charge in [0, 0.05) is 12.6 Å². The Labute approximate surface area is 108 Å². The molecule has 0 amide bonds. The van der Waals surface area contributed by atoms with Gasteiger partial charge in [-0.15, -0.1) is 0 Å². The van der Waals surface area contributed by atoms with Crippen LogP contribution in [-0.4, -0.2) is 22.8 Å². The molecule has 0 radical (unpaired) electrons. The lowest BCUT2D eigenvalue weighted by Gasteiger charge is -2.25. The zero-order chi connectivity index (χ0) is 13.2. The van der Waals surface area contributed by atoms with Crippen LogP contribution in [0.4, 0.5) is 0 Å². The van der Waals surface area contributed by atoms with Crippen molar-refractivity contribution in [3.63, 3.8) is 0 Å². The summed E-state index contributed by atoms with van der Waals surface area (Å²) < 4.78 is 11.0. The summed E-state index contributed by atoms with van der Waals surface area (Å²) in [6.45, 7) is 6.48. The first-order valence-electron chi connectivity index (χ1n) is 6.78. The number of nitrogens with zero attached hydrogens (tertiary/aromatic N) is 2. The predicted molar refractivity (Wildman–Crippen MR) is 68.1 cm³/mol. The van der Waals surface area contributed by atoms with Gasteiger partial charge in [0.1, 0.15) is 5.60 Å². The highest BCUT2D eigenvalue weighted by atomic mass is 16.5. The van der Waals surface area contributed by atoms with Gasteiger partial charge in [-0.05, 0) is 33.6 Å². The molecule has 2 N–H and O–H groups in total. The van der Waals surface area contributed by atoms with Gasteiger partial charge in [0.2, 0.25) is 11.7 Å². The van der Waals surface area contributed by atoms with Crippen LogP contribution in [0.1, 0.15) is 64.1 Å². The molecule has 2 unspecified atom stereocenters. The molecule has 1 aliphatic carbocycles. The summed E-state index contributed by atoms with van der Waals surface area (Å²) >= 11 is 0. The van der Waals surface area contributed by atoms with E-state index in [0.717, 1.165) is 12.8 Å². The Morgan fingerprint density at radius 2 is 2.11 bits per heavy atom. The zero-order valence-electron chi connectivity index (χ0n) is 11.5. The smallest absolute Gasteiger partial charge is 0.231 e. The summed E-state index contributed by atoms with van der Waals surface area (Å²) in [7, 11) is 0. The Hall–Kier alpha value is -0.940. The largest absolute Gasteiger partial charge is 0.368 e. The van der Waals surface area contributed by atoms with Crippen molar-refractivity contribution < 1.29 is 9.26 Å². The minimum absolute atomic E-state index is 0.141. The van der Waals surface area contributed by atoms with Crippen LogP contribution in [0.3, 0.4) is 0 Å². The molecular weight excluding hydrogens is 230 g/mol. The molecule has 1 heterocycles. The average molecular weight is 253 g/mol. The summed E-state index contributed by atoms with van der Waals surface area (Å²) in [4.78, 5) is 4.49. The first-order chi connectivity index (χ1) is 8.54. The van der Waals surface area contributed by atoms with E-state index in [2.05, 4.69) is 10.1 Å². The number of ether oxygens (including phenoxy) is 1. The molecule has 1 fully saturated rings. The minimum Gasteiger partial charge on any atom is -0.368 e. The molecule has 0 bridgehead atoms. The number of hydrogen-bond acceptors (Lipinski definition) is 5. The number of nitrogens with two attached hydrogens (primary N) is 1. The van der Waals surface area contributed by atoms with Crippen molar-refractivity contribution in [2.45, 2.75) is 64.0 Å². The maximum absolute atomic E-state index is 6.13. The van der Waals surface area contributed by atoms with Crippen LogP contribution in [-0.2, 0) is 10.3 Å².